The van der Waals surface area contributed by atoms with Gasteiger partial charge in [0.1, 0.15) is 16.4 Å². The van der Waals surface area contributed by atoms with Crippen molar-refractivity contribution in [3.8, 4) is 11.3 Å². The summed E-state index contributed by atoms with van der Waals surface area (Å²) in [4.78, 5) is 34.6. The number of carbonyl (C=O) groups is 1. The molecule has 0 radical (unpaired) electrons. The maximum Gasteiger partial charge on any atom is 0.418 e. The van der Waals surface area contributed by atoms with Crippen molar-refractivity contribution in [3.05, 3.63) is 69.8 Å². The number of carbonyl (C=O) groups excluding carboxylic acids is 1. The predicted octanol–water partition coefficient (Wildman–Crippen LogP) is 4.72. The van der Waals surface area contributed by atoms with Gasteiger partial charge in [0.25, 0.3) is 5.56 Å². The van der Waals surface area contributed by atoms with Gasteiger partial charge in [0.15, 0.2) is 0 Å². The molecule has 2 N–H and O–H groups in total. The molecule has 33 heavy (non-hydrogen) atoms. The number of hydrogen-bond donors (Lipinski definition) is 2. The Hall–Kier alpha value is -3.44. The number of hydrogen-bond acceptors (Lipinski definition) is 6. The van der Waals surface area contributed by atoms with E-state index < -0.39 is 17.6 Å². The van der Waals surface area contributed by atoms with Crippen LogP contribution in [-0.4, -0.2) is 33.9 Å². The number of fused-ring (bicyclic) bond motifs is 1. The third-order valence-electron chi connectivity index (χ3n) is 4.97. The summed E-state index contributed by atoms with van der Waals surface area (Å²) in [6.07, 6.45) is -3.06. The van der Waals surface area contributed by atoms with Crippen molar-refractivity contribution in [1.29, 1.82) is 0 Å². The number of nitrogens with zero attached hydrogens (tertiary/aromatic N) is 2. The van der Waals surface area contributed by atoms with E-state index in [1.807, 2.05) is 0 Å². The van der Waals surface area contributed by atoms with Gasteiger partial charge in [0.2, 0.25) is 5.91 Å². The quantitative estimate of drug-likeness (QED) is 0.403. The van der Waals surface area contributed by atoms with E-state index in [1.54, 1.807) is 29.3 Å². The number of halogens is 3. The van der Waals surface area contributed by atoms with Crippen LogP contribution >= 0.6 is 11.3 Å². The Labute approximate surface area is 189 Å². The fourth-order valence-corrected chi connectivity index (χ4v) is 4.35. The molecule has 0 aliphatic carbocycles. The fourth-order valence-electron chi connectivity index (χ4n) is 3.40. The number of anilines is 1. The highest BCUT2D eigenvalue weighted by molar-refractivity contribution is 7.17. The minimum absolute atomic E-state index is 0.143. The van der Waals surface area contributed by atoms with Gasteiger partial charge < -0.3 is 14.7 Å². The summed E-state index contributed by atoms with van der Waals surface area (Å²) < 4.78 is 44.9. The predicted molar refractivity (Wildman–Crippen MR) is 119 cm³/mol. The van der Waals surface area contributed by atoms with E-state index in [9.17, 15) is 22.8 Å². The minimum atomic E-state index is -4.58. The number of nitrogens with one attached hydrogen (secondary N) is 2. The second kappa shape index (κ2) is 9.20. The summed E-state index contributed by atoms with van der Waals surface area (Å²) in [6.45, 7) is 2.18. The largest absolute Gasteiger partial charge is 0.464 e. The van der Waals surface area contributed by atoms with Crippen LogP contribution in [0.1, 0.15) is 18.3 Å². The molecule has 0 atom stereocenters. The summed E-state index contributed by atoms with van der Waals surface area (Å²) in [6, 6.07) is 8.28. The molecule has 0 saturated carbocycles. The zero-order valence-corrected chi connectivity index (χ0v) is 18.2. The van der Waals surface area contributed by atoms with Crippen LogP contribution in [0.25, 0.3) is 21.5 Å². The molecule has 0 saturated heterocycles. The zero-order valence-electron chi connectivity index (χ0n) is 17.4. The summed E-state index contributed by atoms with van der Waals surface area (Å²) in [7, 11) is 0. The van der Waals surface area contributed by atoms with Crippen molar-refractivity contribution in [3.63, 3.8) is 0 Å². The Kier molecular flexibility index (Phi) is 6.34. The molecule has 0 aliphatic heterocycles. The van der Waals surface area contributed by atoms with Gasteiger partial charge in [-0.05, 0) is 30.8 Å². The molecule has 4 aromatic rings. The van der Waals surface area contributed by atoms with E-state index in [0.717, 1.165) is 6.07 Å². The molecule has 0 aliphatic rings. The lowest BCUT2D eigenvalue weighted by Gasteiger charge is -2.20. The lowest BCUT2D eigenvalue weighted by Crippen LogP contribution is -2.34. The van der Waals surface area contributed by atoms with Gasteiger partial charge in [-0.25, -0.2) is 4.98 Å². The molecule has 1 aromatic carbocycles. The lowest BCUT2D eigenvalue weighted by atomic mass is 10.1. The van der Waals surface area contributed by atoms with Crippen LogP contribution in [0, 0.1) is 0 Å². The Morgan fingerprint density at radius 1 is 1.24 bits per heavy atom. The monoisotopic (exact) mass is 476 g/mol. The number of aromatic amines is 1. The number of likely N-dealkylation sites (N-methyl/N-ethyl adjacent to an activating group) is 1. The Balaban J connectivity index is 1.49. The van der Waals surface area contributed by atoms with Crippen LogP contribution < -0.4 is 10.9 Å². The first-order valence-corrected chi connectivity index (χ1v) is 10.9. The number of alkyl halides is 3. The molecule has 7 nitrogen and oxygen atoms in total. The van der Waals surface area contributed by atoms with Gasteiger partial charge in [-0.2, -0.15) is 13.2 Å². The van der Waals surface area contributed by atoms with Crippen LogP contribution in [0.5, 0.6) is 0 Å². The lowest BCUT2D eigenvalue weighted by molar-refractivity contribution is -0.137. The summed E-state index contributed by atoms with van der Waals surface area (Å²) >= 11 is 1.30. The van der Waals surface area contributed by atoms with E-state index in [-0.39, 0.29) is 24.3 Å². The van der Waals surface area contributed by atoms with Crippen molar-refractivity contribution in [1.82, 2.24) is 14.9 Å². The number of rotatable bonds is 7. The number of aromatic nitrogens is 2. The molecule has 172 valence electrons. The molecule has 4 rings (SSSR count). The van der Waals surface area contributed by atoms with Crippen LogP contribution in [0.3, 0.4) is 0 Å². The Morgan fingerprint density at radius 2 is 2.03 bits per heavy atom. The highest BCUT2D eigenvalue weighted by atomic mass is 32.1. The number of thiophene rings is 1. The smallest absolute Gasteiger partial charge is 0.418 e. The topological polar surface area (TPSA) is 91.2 Å². The number of H-pyrrole nitrogens is 1. The van der Waals surface area contributed by atoms with Crippen molar-refractivity contribution in [2.75, 3.05) is 18.4 Å². The summed E-state index contributed by atoms with van der Waals surface area (Å²) in [5.41, 5.74) is -0.899. The molecule has 1 amide bonds. The molecule has 0 fully saturated rings. The third-order valence-corrected chi connectivity index (χ3v) is 5.85. The third kappa shape index (κ3) is 4.99. The highest BCUT2D eigenvalue weighted by Gasteiger charge is 2.33. The van der Waals surface area contributed by atoms with Crippen molar-refractivity contribution in [2.45, 2.75) is 19.6 Å². The van der Waals surface area contributed by atoms with Gasteiger partial charge in [0, 0.05) is 10.9 Å². The number of amides is 1. The Morgan fingerprint density at radius 3 is 2.73 bits per heavy atom. The average molecular weight is 476 g/mol. The van der Waals surface area contributed by atoms with Gasteiger partial charge in [-0.1, -0.05) is 19.1 Å². The standard InChI is InChI=1S/C22H19F3N4O3S/c1-2-29(11-18(30)26-15-7-4-3-6-14(15)22(23,24)25)10-17-27-20(31)19-13(12-33-21(19)28-17)16-8-5-9-32-16/h3-9,12H,2,10-11H2,1H3,(H,26,30)(H,27,28,31). The van der Waals surface area contributed by atoms with Crippen LogP contribution in [0.15, 0.2) is 57.3 Å². The maximum absolute atomic E-state index is 13.2. The van der Waals surface area contributed by atoms with Crippen molar-refractivity contribution in [2.24, 2.45) is 0 Å². The molecule has 0 unspecified atom stereocenters. The molecule has 3 heterocycles. The number of para-hydroxylation sites is 1. The van der Waals surface area contributed by atoms with E-state index >= 15 is 0 Å². The first kappa shape index (κ1) is 22.7. The maximum atomic E-state index is 13.2. The average Bonchev–Trinajstić information content (AvgIpc) is 3.42. The second-order valence-corrected chi connectivity index (χ2v) is 8.07. The highest BCUT2D eigenvalue weighted by Crippen LogP contribution is 2.34. The van der Waals surface area contributed by atoms with Crippen LogP contribution in [0.2, 0.25) is 0 Å². The van der Waals surface area contributed by atoms with Gasteiger partial charge in [-0.15, -0.1) is 11.3 Å². The molecule has 0 spiro atoms. The van der Waals surface area contributed by atoms with Gasteiger partial charge in [0.05, 0.1) is 36.0 Å². The van der Waals surface area contributed by atoms with E-state index in [2.05, 4.69) is 15.3 Å². The number of benzene rings is 1. The summed E-state index contributed by atoms with van der Waals surface area (Å²) in [5, 5.41) is 4.54. The normalized spacial score (nSPS) is 11.9. The fraction of sp³-hybridized carbons (Fsp3) is 0.227. The van der Waals surface area contributed by atoms with E-state index in [4.69, 9.17) is 4.42 Å². The van der Waals surface area contributed by atoms with Crippen molar-refractivity contribution < 1.29 is 22.4 Å². The van der Waals surface area contributed by atoms with E-state index in [0.29, 0.717) is 33.9 Å². The Bertz CT molecular complexity index is 1330. The summed E-state index contributed by atoms with van der Waals surface area (Å²) in [5.74, 6) is 0.311. The van der Waals surface area contributed by atoms with Crippen molar-refractivity contribution >= 4 is 33.1 Å². The zero-order chi connectivity index (χ0) is 23.6. The van der Waals surface area contributed by atoms with Crippen LogP contribution in [-0.2, 0) is 17.5 Å². The molecule has 3 aromatic heterocycles. The second-order valence-electron chi connectivity index (χ2n) is 7.21. The SMILES string of the molecule is CCN(CC(=O)Nc1ccccc1C(F)(F)F)Cc1nc2scc(-c3ccco3)c2c(=O)[nH]1. The van der Waals surface area contributed by atoms with Gasteiger partial charge in [-0.3, -0.25) is 14.5 Å². The molecular weight excluding hydrogens is 457 g/mol. The minimum Gasteiger partial charge on any atom is -0.464 e. The van der Waals surface area contributed by atoms with Crippen LogP contribution in [0.4, 0.5) is 18.9 Å². The number of furan rings is 1. The first-order chi connectivity index (χ1) is 15.8. The first-order valence-electron chi connectivity index (χ1n) is 9.99. The molecular formula is C22H19F3N4O3S. The molecule has 0 bridgehead atoms. The van der Waals surface area contributed by atoms with E-state index in [1.165, 1.54) is 35.8 Å². The van der Waals surface area contributed by atoms with Gasteiger partial charge >= 0.3 is 6.18 Å². The molecule has 11 heteroatoms.